The Morgan fingerprint density at radius 2 is 0.981 bits per heavy atom. The number of hydrogen-bond donors (Lipinski definition) is 0. The summed E-state index contributed by atoms with van der Waals surface area (Å²) in [5.41, 5.74) is 11.2. The molecule has 11 rings (SSSR count). The number of thiophene rings is 1. The van der Waals surface area contributed by atoms with Crippen LogP contribution in [0.3, 0.4) is 0 Å². The Labute approximate surface area is 303 Å². The molecule has 3 aromatic heterocycles. The van der Waals surface area contributed by atoms with Gasteiger partial charge in [-0.3, -0.25) is 0 Å². The highest BCUT2D eigenvalue weighted by molar-refractivity contribution is 7.25. The van der Waals surface area contributed by atoms with Gasteiger partial charge in [0, 0.05) is 47.7 Å². The summed E-state index contributed by atoms with van der Waals surface area (Å²) in [4.78, 5) is 2.31. The first kappa shape index (κ1) is 29.1. The van der Waals surface area contributed by atoms with Gasteiger partial charge in [-0.2, -0.15) is 0 Å². The number of fused-ring (bicyclic) bond motifs is 10. The molecule has 244 valence electrons. The standard InChI is InChI=1S/C48H29NO2S/c1-2-9-30(10-3-1)31-17-22-34(23-18-31)49(35-24-19-32(20-25-35)33-21-28-45-40(29-33)36-11-5-7-16-44(36)52-45)41-14-8-13-37-38-26-27-43-46(48(38)51-47(37)41)39-12-4-6-15-42(39)50-43/h1-29H. The van der Waals surface area contributed by atoms with Crippen LogP contribution in [0.2, 0.25) is 0 Å². The van der Waals surface area contributed by atoms with Crippen molar-refractivity contribution < 1.29 is 8.83 Å². The Hall–Kier alpha value is -6.62. The second-order valence-electron chi connectivity index (χ2n) is 13.3. The molecule has 4 heteroatoms. The molecule has 52 heavy (non-hydrogen) atoms. The molecule has 0 bridgehead atoms. The predicted molar refractivity (Wildman–Crippen MR) is 219 cm³/mol. The van der Waals surface area contributed by atoms with Gasteiger partial charge in [0.05, 0.1) is 11.1 Å². The maximum Gasteiger partial charge on any atom is 0.159 e. The van der Waals surface area contributed by atoms with E-state index < -0.39 is 0 Å². The molecule has 0 radical (unpaired) electrons. The van der Waals surface area contributed by atoms with Crippen LogP contribution in [-0.2, 0) is 0 Å². The second-order valence-corrected chi connectivity index (χ2v) is 14.4. The first-order valence-corrected chi connectivity index (χ1v) is 18.3. The van der Waals surface area contributed by atoms with E-state index in [2.05, 4.69) is 169 Å². The van der Waals surface area contributed by atoms with E-state index in [0.29, 0.717) is 0 Å². The van der Waals surface area contributed by atoms with E-state index in [-0.39, 0.29) is 0 Å². The smallest absolute Gasteiger partial charge is 0.159 e. The molecule has 0 amide bonds. The SMILES string of the molecule is c1ccc(-c2ccc(N(c3ccc(-c4ccc5sc6ccccc6c5c4)cc3)c3cccc4c3oc3c4ccc4oc5ccccc5c43)cc2)cc1. The van der Waals surface area contributed by atoms with Gasteiger partial charge in [-0.1, -0.05) is 109 Å². The maximum absolute atomic E-state index is 6.94. The molecule has 8 aromatic carbocycles. The quantitative estimate of drug-likeness (QED) is 0.181. The number of rotatable bonds is 5. The van der Waals surface area contributed by atoms with Crippen LogP contribution in [0.1, 0.15) is 0 Å². The minimum atomic E-state index is 0.826. The van der Waals surface area contributed by atoms with Gasteiger partial charge in [0.15, 0.2) is 5.58 Å². The number of hydrogen-bond acceptors (Lipinski definition) is 4. The van der Waals surface area contributed by atoms with Crippen LogP contribution in [0.25, 0.3) is 86.3 Å². The van der Waals surface area contributed by atoms with Crippen molar-refractivity contribution in [1.29, 1.82) is 0 Å². The molecule has 11 aromatic rings. The summed E-state index contributed by atoms with van der Waals surface area (Å²) in [6, 6.07) is 62.5. The fourth-order valence-electron chi connectivity index (χ4n) is 7.80. The fourth-order valence-corrected chi connectivity index (χ4v) is 8.88. The van der Waals surface area contributed by atoms with E-state index in [4.69, 9.17) is 8.83 Å². The third kappa shape index (κ3) is 4.51. The zero-order valence-corrected chi connectivity index (χ0v) is 28.7. The van der Waals surface area contributed by atoms with Crippen LogP contribution in [0.15, 0.2) is 185 Å². The summed E-state index contributed by atoms with van der Waals surface area (Å²) in [5, 5.41) is 6.82. The van der Waals surface area contributed by atoms with Crippen LogP contribution in [-0.4, -0.2) is 0 Å². The van der Waals surface area contributed by atoms with Crippen LogP contribution >= 0.6 is 11.3 Å². The lowest BCUT2D eigenvalue weighted by molar-refractivity contribution is 0.663. The molecule has 0 atom stereocenters. The molecule has 0 aliphatic rings. The van der Waals surface area contributed by atoms with Crippen LogP contribution in [0, 0.1) is 0 Å². The Balaban J connectivity index is 1.08. The van der Waals surface area contributed by atoms with Crippen molar-refractivity contribution in [3.8, 4) is 22.3 Å². The summed E-state index contributed by atoms with van der Waals surface area (Å²) in [5.74, 6) is 0. The van der Waals surface area contributed by atoms with Crippen molar-refractivity contribution in [2.75, 3.05) is 4.90 Å². The average Bonchev–Trinajstić information content (AvgIpc) is 3.90. The van der Waals surface area contributed by atoms with E-state index >= 15 is 0 Å². The highest BCUT2D eigenvalue weighted by atomic mass is 32.1. The van der Waals surface area contributed by atoms with Crippen molar-refractivity contribution in [3.05, 3.63) is 176 Å². The van der Waals surface area contributed by atoms with Crippen molar-refractivity contribution in [2.45, 2.75) is 0 Å². The lowest BCUT2D eigenvalue weighted by Crippen LogP contribution is -2.10. The van der Waals surface area contributed by atoms with Gasteiger partial charge in [0.2, 0.25) is 0 Å². The van der Waals surface area contributed by atoms with Crippen molar-refractivity contribution in [2.24, 2.45) is 0 Å². The van der Waals surface area contributed by atoms with Gasteiger partial charge < -0.3 is 13.7 Å². The number of anilines is 3. The predicted octanol–water partition coefficient (Wildman–Crippen LogP) is 14.7. The molecule has 3 nitrogen and oxygen atoms in total. The van der Waals surface area contributed by atoms with Crippen molar-refractivity contribution >= 4 is 92.4 Å². The van der Waals surface area contributed by atoms with Gasteiger partial charge in [-0.25, -0.2) is 0 Å². The maximum atomic E-state index is 6.94. The summed E-state index contributed by atoms with van der Waals surface area (Å²) >= 11 is 1.85. The van der Waals surface area contributed by atoms with Gasteiger partial charge in [-0.15, -0.1) is 11.3 Å². The van der Waals surface area contributed by atoms with Gasteiger partial charge in [0.25, 0.3) is 0 Å². The first-order valence-electron chi connectivity index (χ1n) is 17.5. The molecule has 0 saturated carbocycles. The van der Waals surface area contributed by atoms with Gasteiger partial charge in [0.1, 0.15) is 16.7 Å². The van der Waals surface area contributed by atoms with Crippen LogP contribution < -0.4 is 4.90 Å². The number of nitrogens with zero attached hydrogens (tertiary/aromatic N) is 1. The molecule has 0 saturated heterocycles. The fraction of sp³-hybridized carbons (Fsp3) is 0. The largest absolute Gasteiger partial charge is 0.456 e. The molecule has 0 aliphatic carbocycles. The monoisotopic (exact) mass is 683 g/mol. The minimum Gasteiger partial charge on any atom is -0.456 e. The summed E-state index contributed by atoms with van der Waals surface area (Å²) in [7, 11) is 0. The Morgan fingerprint density at radius 1 is 0.365 bits per heavy atom. The molecule has 0 fully saturated rings. The van der Waals surface area contributed by atoms with E-state index in [9.17, 15) is 0 Å². The highest BCUT2D eigenvalue weighted by Gasteiger charge is 2.22. The number of para-hydroxylation sites is 2. The summed E-state index contributed by atoms with van der Waals surface area (Å²) in [6.45, 7) is 0. The Kier molecular flexibility index (Phi) is 6.42. The summed E-state index contributed by atoms with van der Waals surface area (Å²) < 4.78 is 15.8. The third-order valence-corrected chi connectivity index (χ3v) is 11.4. The first-order chi connectivity index (χ1) is 25.8. The van der Waals surface area contributed by atoms with Crippen LogP contribution in [0.4, 0.5) is 17.1 Å². The molecule has 0 aliphatic heterocycles. The molecule has 0 N–H and O–H groups in total. The third-order valence-electron chi connectivity index (χ3n) is 10.3. The molecule has 0 unspecified atom stereocenters. The van der Waals surface area contributed by atoms with E-state index in [1.165, 1.54) is 42.4 Å². The van der Waals surface area contributed by atoms with E-state index in [1.807, 2.05) is 23.5 Å². The lowest BCUT2D eigenvalue weighted by Gasteiger charge is -2.26. The van der Waals surface area contributed by atoms with E-state index in [0.717, 1.165) is 60.9 Å². The Bertz CT molecular complexity index is 3110. The second kappa shape index (κ2) is 11.5. The zero-order valence-electron chi connectivity index (χ0n) is 27.9. The molecule has 0 spiro atoms. The Morgan fingerprint density at radius 3 is 1.79 bits per heavy atom. The average molecular weight is 684 g/mol. The summed E-state index contributed by atoms with van der Waals surface area (Å²) in [6.07, 6.45) is 0. The van der Waals surface area contributed by atoms with Crippen molar-refractivity contribution in [1.82, 2.24) is 0 Å². The zero-order chi connectivity index (χ0) is 34.2. The van der Waals surface area contributed by atoms with Gasteiger partial charge in [-0.05, 0) is 89.0 Å². The number of furan rings is 2. The highest BCUT2D eigenvalue weighted by Crippen LogP contribution is 2.46. The minimum absolute atomic E-state index is 0.826. The van der Waals surface area contributed by atoms with Crippen LogP contribution in [0.5, 0.6) is 0 Å². The van der Waals surface area contributed by atoms with Gasteiger partial charge >= 0.3 is 0 Å². The van der Waals surface area contributed by atoms with E-state index in [1.54, 1.807) is 0 Å². The molecular weight excluding hydrogens is 655 g/mol. The molecular formula is C48H29NO2S. The normalized spacial score (nSPS) is 11.8. The topological polar surface area (TPSA) is 29.5 Å². The number of benzene rings is 8. The molecule has 3 heterocycles. The lowest BCUT2D eigenvalue weighted by atomic mass is 10.0. The van der Waals surface area contributed by atoms with Crippen molar-refractivity contribution in [3.63, 3.8) is 0 Å².